The van der Waals surface area contributed by atoms with E-state index in [-0.39, 0.29) is 11.3 Å². The summed E-state index contributed by atoms with van der Waals surface area (Å²) < 4.78 is 64.4. The van der Waals surface area contributed by atoms with Crippen molar-refractivity contribution in [3.05, 3.63) is 29.5 Å². The number of benzene rings is 1. The number of aryl methyl sites for hydroxylation is 2. The first-order valence-corrected chi connectivity index (χ1v) is 7.88. The highest BCUT2D eigenvalue weighted by Gasteiger charge is 2.38. The fraction of sp³-hybridized carbons (Fsp3) is 0.308. The normalized spacial score (nSPS) is 12.6. The van der Waals surface area contributed by atoms with E-state index in [1.54, 1.807) is 0 Å². The minimum Gasteiger partial charge on any atom is -0.493 e. The Morgan fingerprint density at radius 1 is 1.32 bits per heavy atom. The van der Waals surface area contributed by atoms with Crippen molar-refractivity contribution in [2.45, 2.75) is 18.0 Å². The maximum Gasteiger partial charge on any atom is 0.417 e. The fourth-order valence-electron chi connectivity index (χ4n) is 2.19. The molecule has 0 saturated heterocycles. The van der Waals surface area contributed by atoms with Gasteiger partial charge < -0.3 is 5.11 Å². The largest absolute Gasteiger partial charge is 0.493 e. The van der Waals surface area contributed by atoms with Crippen LogP contribution in [0.2, 0.25) is 0 Å². The van der Waals surface area contributed by atoms with Crippen molar-refractivity contribution in [2.75, 3.05) is 6.26 Å². The van der Waals surface area contributed by atoms with Crippen LogP contribution in [0, 0.1) is 13.0 Å². The van der Waals surface area contributed by atoms with Crippen LogP contribution in [0.25, 0.3) is 11.1 Å². The molecule has 1 aromatic carbocycles. The molecule has 119 valence electrons. The third-order valence-electron chi connectivity index (χ3n) is 3.08. The molecule has 0 aliphatic rings. The molecule has 22 heavy (non-hydrogen) atoms. The molecular formula is C13H12F3N2O3S. The Kier molecular flexibility index (Phi) is 3.72. The van der Waals surface area contributed by atoms with Gasteiger partial charge in [-0.25, -0.2) is 13.1 Å². The summed E-state index contributed by atoms with van der Waals surface area (Å²) in [4.78, 5) is -0.631. The molecule has 1 heterocycles. The van der Waals surface area contributed by atoms with Crippen LogP contribution in [0.4, 0.5) is 13.2 Å². The van der Waals surface area contributed by atoms with Gasteiger partial charge in [0, 0.05) is 24.9 Å². The van der Waals surface area contributed by atoms with Crippen molar-refractivity contribution in [3.8, 4) is 17.0 Å². The molecule has 9 heteroatoms. The van der Waals surface area contributed by atoms with Gasteiger partial charge in [-0.05, 0) is 13.0 Å². The van der Waals surface area contributed by atoms with Crippen LogP contribution < -0.4 is 0 Å². The SMILES string of the molecule is Cc1nn(C)c(O)c1-c1c(S(C)(=O)=O)[c]ccc1C(F)(F)F. The van der Waals surface area contributed by atoms with Crippen molar-refractivity contribution < 1.29 is 26.7 Å². The smallest absolute Gasteiger partial charge is 0.417 e. The zero-order valence-electron chi connectivity index (χ0n) is 11.9. The minimum atomic E-state index is -4.79. The molecule has 0 unspecified atom stereocenters. The number of halogens is 3. The molecule has 0 saturated carbocycles. The number of alkyl halides is 3. The standard InChI is InChI=1S/C13H12F3N2O3S/c1-7-10(12(19)18(2)17-7)11-8(13(14,15)16)5-4-6-9(11)22(3,20)21/h4-5,19H,1-3H3. The van der Waals surface area contributed by atoms with Crippen molar-refractivity contribution in [1.82, 2.24) is 9.78 Å². The lowest BCUT2D eigenvalue weighted by Gasteiger charge is -2.15. The molecule has 2 aromatic rings. The van der Waals surface area contributed by atoms with Crippen molar-refractivity contribution in [3.63, 3.8) is 0 Å². The van der Waals surface area contributed by atoms with Gasteiger partial charge in [0.2, 0.25) is 5.88 Å². The second-order valence-corrected chi connectivity index (χ2v) is 6.73. The van der Waals surface area contributed by atoms with E-state index in [4.69, 9.17) is 0 Å². The summed E-state index contributed by atoms with van der Waals surface area (Å²) in [5, 5.41) is 13.8. The Labute approximate surface area is 124 Å². The summed E-state index contributed by atoms with van der Waals surface area (Å²) in [7, 11) is -2.65. The molecule has 0 bridgehead atoms. The molecule has 1 radical (unpaired) electrons. The molecule has 0 aliphatic carbocycles. The van der Waals surface area contributed by atoms with Gasteiger partial charge in [0.25, 0.3) is 0 Å². The van der Waals surface area contributed by atoms with E-state index in [1.807, 2.05) is 0 Å². The van der Waals surface area contributed by atoms with E-state index in [2.05, 4.69) is 11.2 Å². The van der Waals surface area contributed by atoms with E-state index in [0.29, 0.717) is 0 Å². The molecule has 1 N–H and O–H groups in total. The van der Waals surface area contributed by atoms with Crippen LogP contribution >= 0.6 is 0 Å². The number of rotatable bonds is 2. The van der Waals surface area contributed by atoms with E-state index in [0.717, 1.165) is 23.1 Å². The second-order valence-electron chi connectivity index (χ2n) is 4.77. The van der Waals surface area contributed by atoms with E-state index in [1.165, 1.54) is 14.0 Å². The summed E-state index contributed by atoms with van der Waals surface area (Å²) in [6.07, 6.45) is -4.01. The van der Waals surface area contributed by atoms with Crippen LogP contribution in [-0.2, 0) is 23.1 Å². The highest BCUT2D eigenvalue weighted by Crippen LogP contribution is 2.44. The number of aromatic hydroxyl groups is 1. The maximum absolute atomic E-state index is 13.3. The van der Waals surface area contributed by atoms with E-state index < -0.39 is 37.9 Å². The Balaban J connectivity index is 3.00. The van der Waals surface area contributed by atoms with Gasteiger partial charge in [0.05, 0.1) is 21.7 Å². The predicted octanol–water partition coefficient (Wildman–Crippen LogP) is 2.32. The van der Waals surface area contributed by atoms with Gasteiger partial charge in [0.15, 0.2) is 9.84 Å². The first kappa shape index (κ1) is 16.3. The van der Waals surface area contributed by atoms with Crippen LogP contribution in [0.5, 0.6) is 5.88 Å². The quantitative estimate of drug-likeness (QED) is 0.915. The fourth-order valence-corrected chi connectivity index (χ4v) is 3.06. The molecular weight excluding hydrogens is 321 g/mol. The summed E-state index contributed by atoms with van der Waals surface area (Å²) in [5.41, 5.74) is -2.00. The summed E-state index contributed by atoms with van der Waals surface area (Å²) in [6, 6.07) is 3.93. The zero-order chi connectivity index (χ0) is 16.9. The van der Waals surface area contributed by atoms with E-state index in [9.17, 15) is 26.7 Å². The Hall–Kier alpha value is -2.03. The molecule has 0 fully saturated rings. The molecule has 2 rings (SSSR count). The second kappa shape index (κ2) is 5.01. The summed E-state index contributed by atoms with van der Waals surface area (Å²) in [6.45, 7) is 1.38. The highest BCUT2D eigenvalue weighted by atomic mass is 32.2. The third kappa shape index (κ3) is 2.68. The van der Waals surface area contributed by atoms with Crippen molar-refractivity contribution in [1.29, 1.82) is 0 Å². The van der Waals surface area contributed by atoms with Crippen LogP contribution in [0.3, 0.4) is 0 Å². The number of nitrogens with zero attached hydrogens (tertiary/aromatic N) is 2. The lowest BCUT2D eigenvalue weighted by atomic mass is 9.99. The zero-order valence-corrected chi connectivity index (χ0v) is 12.7. The third-order valence-corrected chi connectivity index (χ3v) is 4.14. The molecule has 0 spiro atoms. The van der Waals surface area contributed by atoms with Gasteiger partial charge in [-0.3, -0.25) is 0 Å². The lowest BCUT2D eigenvalue weighted by molar-refractivity contribution is -0.137. The number of hydrogen-bond acceptors (Lipinski definition) is 4. The Morgan fingerprint density at radius 2 is 1.91 bits per heavy atom. The number of aromatic nitrogens is 2. The monoisotopic (exact) mass is 333 g/mol. The molecule has 1 aromatic heterocycles. The number of sulfone groups is 1. The average molecular weight is 333 g/mol. The molecule has 0 aliphatic heterocycles. The van der Waals surface area contributed by atoms with Crippen LogP contribution in [0.1, 0.15) is 11.3 Å². The van der Waals surface area contributed by atoms with Crippen molar-refractivity contribution >= 4 is 9.84 Å². The Bertz CT molecular complexity index is 839. The van der Waals surface area contributed by atoms with Crippen molar-refractivity contribution in [2.24, 2.45) is 7.05 Å². The first-order chi connectivity index (χ1) is 9.94. The predicted molar refractivity (Wildman–Crippen MR) is 72.0 cm³/mol. The van der Waals surface area contributed by atoms with E-state index >= 15 is 0 Å². The van der Waals surface area contributed by atoms with Gasteiger partial charge in [-0.2, -0.15) is 18.3 Å². The molecule has 0 atom stereocenters. The minimum absolute atomic E-state index is 0.0787. The Morgan fingerprint density at radius 3 is 2.32 bits per heavy atom. The average Bonchev–Trinajstić information content (AvgIpc) is 2.60. The summed E-state index contributed by atoms with van der Waals surface area (Å²) in [5.74, 6) is -0.549. The van der Waals surface area contributed by atoms with Crippen LogP contribution in [0.15, 0.2) is 17.0 Å². The van der Waals surface area contributed by atoms with Crippen LogP contribution in [-0.4, -0.2) is 29.6 Å². The lowest BCUT2D eigenvalue weighted by Crippen LogP contribution is -2.11. The highest BCUT2D eigenvalue weighted by molar-refractivity contribution is 7.90. The molecule has 0 amide bonds. The van der Waals surface area contributed by atoms with Gasteiger partial charge in [-0.1, -0.05) is 6.07 Å². The van der Waals surface area contributed by atoms with Gasteiger partial charge >= 0.3 is 6.18 Å². The molecule has 5 nitrogen and oxygen atoms in total. The number of hydrogen-bond donors (Lipinski definition) is 1. The maximum atomic E-state index is 13.3. The van der Waals surface area contributed by atoms with Gasteiger partial charge in [0.1, 0.15) is 0 Å². The van der Waals surface area contributed by atoms with Gasteiger partial charge in [-0.15, -0.1) is 0 Å². The topological polar surface area (TPSA) is 72.2 Å². The first-order valence-electron chi connectivity index (χ1n) is 5.99. The summed E-state index contributed by atoms with van der Waals surface area (Å²) >= 11 is 0.